The fourth-order valence-corrected chi connectivity index (χ4v) is 7.02. The molecule has 6 rings (SSSR count). The number of piperidine rings is 1. The van der Waals surface area contributed by atoms with Crippen molar-refractivity contribution in [2.45, 2.75) is 64.3 Å². The Morgan fingerprint density at radius 3 is 2.41 bits per heavy atom. The average Bonchev–Trinajstić information content (AvgIpc) is 2.68. The van der Waals surface area contributed by atoms with Crippen molar-refractivity contribution in [3.05, 3.63) is 18.5 Å². The molecule has 5 fully saturated rings. The third kappa shape index (κ3) is 3.23. The molecule has 1 amide bonds. The Balaban J connectivity index is 1.24. The van der Waals surface area contributed by atoms with E-state index in [2.05, 4.69) is 27.1 Å². The smallest absolute Gasteiger partial charge is 0.225 e. The molecule has 5 nitrogen and oxygen atoms in total. The van der Waals surface area contributed by atoms with Gasteiger partial charge in [-0.15, -0.1) is 0 Å². The molecule has 1 saturated heterocycles. The quantitative estimate of drug-likeness (QED) is 0.885. The van der Waals surface area contributed by atoms with Crippen LogP contribution in [0.2, 0.25) is 0 Å². The molecule has 4 saturated carbocycles. The lowest BCUT2D eigenvalue weighted by atomic mass is 9.48. The number of rotatable bonds is 4. The molecule has 5 aliphatic rings. The summed E-state index contributed by atoms with van der Waals surface area (Å²) in [6, 6.07) is 2.15. The Morgan fingerprint density at radius 1 is 1.15 bits per heavy atom. The van der Waals surface area contributed by atoms with Crippen molar-refractivity contribution >= 4 is 11.9 Å². The van der Waals surface area contributed by atoms with Gasteiger partial charge in [-0.2, -0.15) is 0 Å². The Bertz CT molecular complexity index is 656. The molecule has 1 aliphatic heterocycles. The van der Waals surface area contributed by atoms with Crippen molar-refractivity contribution in [2.75, 3.05) is 18.0 Å². The Labute approximate surface area is 162 Å². The minimum atomic E-state index is 0.0546. The van der Waals surface area contributed by atoms with Gasteiger partial charge in [-0.05, 0) is 87.5 Å². The largest absolute Gasteiger partial charge is 0.353 e. The van der Waals surface area contributed by atoms with Gasteiger partial charge in [0.2, 0.25) is 11.9 Å². The number of aromatic nitrogens is 2. The molecule has 0 aromatic carbocycles. The number of amides is 1. The summed E-state index contributed by atoms with van der Waals surface area (Å²) in [5.41, 5.74) is 0.376. The van der Waals surface area contributed by atoms with Crippen LogP contribution in [0.3, 0.4) is 0 Å². The lowest BCUT2D eigenvalue weighted by Gasteiger charge is -2.59. The van der Waals surface area contributed by atoms with Crippen LogP contribution in [-0.4, -0.2) is 35.0 Å². The summed E-state index contributed by atoms with van der Waals surface area (Å²) in [4.78, 5) is 24.0. The highest BCUT2D eigenvalue weighted by Crippen LogP contribution is 2.61. The highest BCUT2D eigenvalue weighted by Gasteiger charge is 2.53. The Hall–Kier alpha value is -1.65. The van der Waals surface area contributed by atoms with Gasteiger partial charge in [0.15, 0.2) is 0 Å². The predicted octanol–water partition coefficient (Wildman–Crippen LogP) is 3.41. The first-order valence-corrected chi connectivity index (χ1v) is 10.9. The third-order valence-corrected chi connectivity index (χ3v) is 7.99. The van der Waals surface area contributed by atoms with Gasteiger partial charge >= 0.3 is 0 Å². The molecule has 5 heteroatoms. The zero-order valence-electron chi connectivity index (χ0n) is 16.4. The molecule has 0 spiro atoms. The molecule has 2 unspecified atom stereocenters. The number of carbonyl (C=O) groups excluding carboxylic acids is 1. The zero-order chi connectivity index (χ0) is 18.4. The van der Waals surface area contributed by atoms with Crippen LogP contribution in [0.5, 0.6) is 0 Å². The molecule has 4 aliphatic carbocycles. The second-order valence-electron chi connectivity index (χ2n) is 9.84. The van der Waals surface area contributed by atoms with Crippen LogP contribution in [0, 0.1) is 29.1 Å². The van der Waals surface area contributed by atoms with Crippen molar-refractivity contribution in [2.24, 2.45) is 29.1 Å². The molecule has 4 bridgehead atoms. The van der Waals surface area contributed by atoms with Crippen molar-refractivity contribution in [3.8, 4) is 0 Å². The summed E-state index contributed by atoms with van der Waals surface area (Å²) in [7, 11) is 0. The van der Waals surface area contributed by atoms with Crippen LogP contribution in [0.15, 0.2) is 18.5 Å². The molecular formula is C22H32N4O. The van der Waals surface area contributed by atoms with Gasteiger partial charge in [-0.1, -0.05) is 0 Å². The monoisotopic (exact) mass is 368 g/mol. The van der Waals surface area contributed by atoms with Gasteiger partial charge < -0.3 is 10.2 Å². The molecule has 2 atom stereocenters. The number of nitrogens with one attached hydrogen (secondary N) is 1. The summed E-state index contributed by atoms with van der Waals surface area (Å²) >= 11 is 0. The summed E-state index contributed by atoms with van der Waals surface area (Å²) in [6.07, 6.45) is 13.9. The topological polar surface area (TPSA) is 58.1 Å². The van der Waals surface area contributed by atoms with Gasteiger partial charge in [0, 0.05) is 31.5 Å². The van der Waals surface area contributed by atoms with Gasteiger partial charge in [-0.3, -0.25) is 4.79 Å². The summed E-state index contributed by atoms with van der Waals surface area (Å²) in [5, 5.41) is 3.47. The van der Waals surface area contributed by atoms with Crippen molar-refractivity contribution < 1.29 is 4.79 Å². The van der Waals surface area contributed by atoms with Crippen LogP contribution < -0.4 is 10.2 Å². The van der Waals surface area contributed by atoms with Crippen molar-refractivity contribution in [1.82, 2.24) is 15.3 Å². The number of hydrogen-bond donors (Lipinski definition) is 1. The Morgan fingerprint density at radius 2 is 1.78 bits per heavy atom. The van der Waals surface area contributed by atoms with Gasteiger partial charge in [0.1, 0.15) is 0 Å². The molecule has 0 radical (unpaired) electrons. The second-order valence-corrected chi connectivity index (χ2v) is 9.84. The van der Waals surface area contributed by atoms with E-state index >= 15 is 0 Å². The molecule has 2 heterocycles. The normalized spacial score (nSPS) is 38.6. The molecular weight excluding hydrogens is 336 g/mol. The van der Waals surface area contributed by atoms with Crippen LogP contribution >= 0.6 is 0 Å². The Kier molecular flexibility index (Phi) is 4.36. The van der Waals surface area contributed by atoms with Crippen LogP contribution in [0.25, 0.3) is 0 Å². The number of carbonyl (C=O) groups is 1. The number of anilines is 1. The molecule has 1 N–H and O–H groups in total. The maximum Gasteiger partial charge on any atom is 0.225 e. The first-order chi connectivity index (χ1) is 13.1. The van der Waals surface area contributed by atoms with Crippen LogP contribution in [0.4, 0.5) is 5.95 Å². The zero-order valence-corrected chi connectivity index (χ0v) is 16.4. The maximum absolute atomic E-state index is 13.1. The minimum Gasteiger partial charge on any atom is -0.353 e. The van der Waals surface area contributed by atoms with E-state index in [1.54, 1.807) is 12.4 Å². The predicted molar refractivity (Wildman–Crippen MR) is 105 cm³/mol. The molecule has 1 aromatic heterocycles. The van der Waals surface area contributed by atoms with E-state index in [0.29, 0.717) is 11.5 Å². The standard InChI is InChI=1S/C22H32N4O/c1-15(22-11-16-8-17(12-22)10-18(9-16)13-22)25-20(27)19-4-2-7-26(14-19)21-23-5-3-6-24-21/h3,5-6,15-19H,2,4,7-14H2,1H3,(H,25,27). The number of nitrogens with zero attached hydrogens (tertiary/aromatic N) is 3. The van der Waals surface area contributed by atoms with Gasteiger partial charge in [0.25, 0.3) is 0 Å². The first kappa shape index (κ1) is 17.4. The summed E-state index contributed by atoms with van der Waals surface area (Å²) in [6.45, 7) is 3.97. The SMILES string of the molecule is CC(NC(=O)C1CCCN(c2ncccn2)C1)C12CC3CC(CC(C3)C1)C2. The highest BCUT2D eigenvalue weighted by atomic mass is 16.2. The van der Waals surface area contributed by atoms with E-state index in [-0.39, 0.29) is 11.8 Å². The van der Waals surface area contributed by atoms with Gasteiger partial charge in [-0.25, -0.2) is 9.97 Å². The fourth-order valence-electron chi connectivity index (χ4n) is 7.02. The maximum atomic E-state index is 13.1. The highest BCUT2D eigenvalue weighted by molar-refractivity contribution is 5.79. The molecule has 1 aromatic rings. The van der Waals surface area contributed by atoms with Crippen molar-refractivity contribution in [1.29, 1.82) is 0 Å². The van der Waals surface area contributed by atoms with Crippen molar-refractivity contribution in [3.63, 3.8) is 0 Å². The van der Waals surface area contributed by atoms with E-state index < -0.39 is 0 Å². The van der Waals surface area contributed by atoms with E-state index in [9.17, 15) is 4.79 Å². The first-order valence-electron chi connectivity index (χ1n) is 10.9. The minimum absolute atomic E-state index is 0.0546. The summed E-state index contributed by atoms with van der Waals surface area (Å²) < 4.78 is 0. The second kappa shape index (κ2) is 6.75. The molecule has 146 valence electrons. The fraction of sp³-hybridized carbons (Fsp3) is 0.773. The average molecular weight is 369 g/mol. The lowest BCUT2D eigenvalue weighted by Crippen LogP contribution is -2.57. The summed E-state index contributed by atoms with van der Waals surface area (Å²) in [5.74, 6) is 3.84. The van der Waals surface area contributed by atoms with Crippen LogP contribution in [0.1, 0.15) is 58.3 Å². The van der Waals surface area contributed by atoms with Gasteiger partial charge in [0.05, 0.1) is 5.92 Å². The molecule has 27 heavy (non-hydrogen) atoms. The van der Waals surface area contributed by atoms with Crippen LogP contribution in [-0.2, 0) is 4.79 Å². The van der Waals surface area contributed by atoms with E-state index in [0.717, 1.165) is 49.6 Å². The lowest BCUT2D eigenvalue weighted by molar-refractivity contribution is -0.130. The number of hydrogen-bond acceptors (Lipinski definition) is 4. The van der Waals surface area contributed by atoms with E-state index in [1.807, 2.05) is 6.07 Å². The van der Waals surface area contributed by atoms with E-state index in [4.69, 9.17) is 0 Å². The van der Waals surface area contributed by atoms with E-state index in [1.165, 1.54) is 38.5 Å². The third-order valence-electron chi connectivity index (χ3n) is 7.99.